The Morgan fingerprint density at radius 1 is 1.16 bits per heavy atom. The molecule has 0 amide bonds. The standard InChI is InChI=1S/C21H28N6O3S/c1-14-10-18(19-12-25(2)21(22)13-26(19)27-9-3-8-24-27)20(31(23,29)30)11-17(14)15-4-6-16(28)7-5-15/h3,8-13,15-16,28H,4-7,22H2,1-2H3,(H2,23,29,30)/t15-,16-. The Morgan fingerprint density at radius 2 is 1.87 bits per heavy atom. The van der Waals surface area contributed by atoms with Crippen LogP contribution in [0, 0.1) is 6.92 Å². The first-order valence-corrected chi connectivity index (χ1v) is 11.8. The van der Waals surface area contributed by atoms with E-state index in [1.807, 2.05) is 13.0 Å². The molecule has 0 unspecified atom stereocenters. The summed E-state index contributed by atoms with van der Waals surface area (Å²) < 4.78 is 25.3. The van der Waals surface area contributed by atoms with Gasteiger partial charge in [0, 0.05) is 25.0 Å². The summed E-state index contributed by atoms with van der Waals surface area (Å²) in [7, 11) is -2.22. The highest BCUT2D eigenvalue weighted by Gasteiger charge is 2.29. The van der Waals surface area contributed by atoms with Crippen molar-refractivity contribution in [2.45, 2.75) is 49.5 Å². The molecule has 5 N–H and O–H groups in total. The molecule has 1 aromatic carbocycles. The second-order valence-corrected chi connectivity index (χ2v) is 9.74. The number of aryl methyl sites for hydroxylation is 1. The molecule has 0 saturated heterocycles. The summed E-state index contributed by atoms with van der Waals surface area (Å²) in [5.74, 6) is 0.671. The van der Waals surface area contributed by atoms with Crippen LogP contribution in [0.5, 0.6) is 0 Å². The largest absolute Gasteiger partial charge is 0.393 e. The van der Waals surface area contributed by atoms with Crippen molar-refractivity contribution in [1.82, 2.24) is 14.8 Å². The van der Waals surface area contributed by atoms with E-state index in [-0.39, 0.29) is 16.9 Å². The van der Waals surface area contributed by atoms with Crippen LogP contribution < -0.4 is 15.9 Å². The quantitative estimate of drug-likeness (QED) is 0.651. The molecule has 2 aromatic rings. The third kappa shape index (κ3) is 4.18. The highest BCUT2D eigenvalue weighted by molar-refractivity contribution is 7.89. The number of nitrogens with zero attached hydrogens (tertiary/aromatic N) is 4. The Balaban J connectivity index is 1.85. The first-order chi connectivity index (χ1) is 14.6. The third-order valence-electron chi connectivity index (χ3n) is 6.02. The van der Waals surface area contributed by atoms with E-state index in [4.69, 9.17) is 10.9 Å². The molecule has 9 nitrogen and oxygen atoms in total. The van der Waals surface area contributed by atoms with Crippen molar-refractivity contribution >= 4 is 15.7 Å². The lowest BCUT2D eigenvalue weighted by molar-refractivity contribution is 0.122. The van der Waals surface area contributed by atoms with E-state index in [1.165, 1.54) is 0 Å². The van der Waals surface area contributed by atoms with Gasteiger partial charge in [0.15, 0.2) is 0 Å². The van der Waals surface area contributed by atoms with Gasteiger partial charge in [-0.3, -0.25) is 0 Å². The van der Waals surface area contributed by atoms with Gasteiger partial charge in [-0.2, -0.15) is 9.89 Å². The van der Waals surface area contributed by atoms with Crippen LogP contribution in [0.4, 0.5) is 0 Å². The Hall–Kier alpha value is -2.82. The Bertz CT molecular complexity index is 1130. The van der Waals surface area contributed by atoms with Gasteiger partial charge in [0.1, 0.15) is 5.82 Å². The highest BCUT2D eigenvalue weighted by Crippen LogP contribution is 2.38. The maximum atomic E-state index is 12.6. The van der Waals surface area contributed by atoms with Crippen LogP contribution in [0.2, 0.25) is 0 Å². The minimum atomic E-state index is -4.01. The van der Waals surface area contributed by atoms with Gasteiger partial charge in [0.2, 0.25) is 10.0 Å². The predicted molar refractivity (Wildman–Crippen MR) is 118 cm³/mol. The lowest BCUT2D eigenvalue weighted by Crippen LogP contribution is -2.37. The number of sulfonamides is 1. The topological polar surface area (TPSA) is 131 Å². The van der Waals surface area contributed by atoms with Gasteiger partial charge in [-0.05, 0) is 67.9 Å². The highest BCUT2D eigenvalue weighted by atomic mass is 32.2. The average molecular weight is 445 g/mol. The molecule has 1 aliphatic heterocycles. The lowest BCUT2D eigenvalue weighted by atomic mass is 9.80. The molecule has 0 bridgehead atoms. The smallest absolute Gasteiger partial charge is 0.238 e. The van der Waals surface area contributed by atoms with E-state index in [1.54, 1.807) is 58.7 Å². The second kappa shape index (κ2) is 8.03. The number of aliphatic hydroxyl groups excluding tert-OH is 1. The number of rotatable bonds is 4. The fourth-order valence-electron chi connectivity index (χ4n) is 4.32. The molecule has 0 spiro atoms. The number of aromatic nitrogens is 2. The fraction of sp³-hybridized carbons (Fsp3) is 0.381. The third-order valence-corrected chi connectivity index (χ3v) is 6.97. The van der Waals surface area contributed by atoms with Crippen molar-refractivity contribution in [3.63, 3.8) is 0 Å². The average Bonchev–Trinajstić information content (AvgIpc) is 3.24. The number of primary sulfonamides is 1. The van der Waals surface area contributed by atoms with Crippen molar-refractivity contribution in [3.8, 4) is 0 Å². The number of aliphatic hydroxyl groups is 1. The van der Waals surface area contributed by atoms with E-state index in [0.29, 0.717) is 29.9 Å². The Kier molecular flexibility index (Phi) is 5.54. The monoisotopic (exact) mass is 444 g/mol. The van der Waals surface area contributed by atoms with Crippen LogP contribution in [0.1, 0.15) is 48.3 Å². The maximum absolute atomic E-state index is 12.6. The normalized spacial score (nSPS) is 22.3. The van der Waals surface area contributed by atoms with Crippen molar-refractivity contribution < 1.29 is 13.5 Å². The molecule has 0 radical (unpaired) electrons. The van der Waals surface area contributed by atoms with Gasteiger partial charge >= 0.3 is 0 Å². The van der Waals surface area contributed by atoms with Gasteiger partial charge in [-0.15, -0.1) is 0 Å². The number of hydrogen-bond donors (Lipinski definition) is 3. The molecule has 1 saturated carbocycles. The summed E-state index contributed by atoms with van der Waals surface area (Å²) in [5.41, 5.74) is 9.10. The van der Waals surface area contributed by atoms with E-state index in [9.17, 15) is 13.5 Å². The van der Waals surface area contributed by atoms with Gasteiger partial charge in [0.05, 0.1) is 29.1 Å². The van der Waals surface area contributed by atoms with Crippen LogP contribution in [-0.2, 0) is 10.0 Å². The van der Waals surface area contributed by atoms with Gasteiger partial charge in [0.25, 0.3) is 0 Å². The molecule has 1 aromatic heterocycles. The van der Waals surface area contributed by atoms with Crippen molar-refractivity contribution in [2.24, 2.45) is 10.9 Å². The molecule has 166 valence electrons. The summed E-state index contributed by atoms with van der Waals surface area (Å²) >= 11 is 0. The first kappa shape index (κ1) is 21.4. The summed E-state index contributed by atoms with van der Waals surface area (Å²) in [6.07, 6.45) is 9.59. The van der Waals surface area contributed by atoms with Crippen LogP contribution in [0.15, 0.2) is 53.7 Å². The summed E-state index contributed by atoms with van der Waals surface area (Å²) in [4.78, 5) is 3.35. The summed E-state index contributed by atoms with van der Waals surface area (Å²) in [6.45, 7) is 1.98. The second-order valence-electron chi connectivity index (χ2n) is 8.21. The molecule has 1 aliphatic carbocycles. The SMILES string of the molecule is Cc1cc(C2=CN(C)C(N)=CN2n2cccn2)c(S(N)(=O)=O)cc1[C@H]1CC[C@H](O)CC1. The number of hydrogen-bond acceptors (Lipinski definition) is 7. The fourth-order valence-corrected chi connectivity index (χ4v) is 5.08. The van der Waals surface area contributed by atoms with Gasteiger partial charge < -0.3 is 15.7 Å². The zero-order valence-corrected chi connectivity index (χ0v) is 18.5. The predicted octanol–water partition coefficient (Wildman–Crippen LogP) is 1.50. The summed E-state index contributed by atoms with van der Waals surface area (Å²) in [6, 6.07) is 5.34. The van der Waals surface area contributed by atoms with E-state index in [2.05, 4.69) is 5.10 Å². The van der Waals surface area contributed by atoms with E-state index >= 15 is 0 Å². The van der Waals surface area contributed by atoms with Crippen LogP contribution in [0.3, 0.4) is 0 Å². The number of nitrogens with two attached hydrogens (primary N) is 2. The van der Waals surface area contributed by atoms with Crippen molar-refractivity contribution in [3.05, 3.63) is 65.5 Å². The van der Waals surface area contributed by atoms with E-state index < -0.39 is 10.0 Å². The molecule has 0 atom stereocenters. The molecule has 2 aliphatic rings. The lowest BCUT2D eigenvalue weighted by Gasteiger charge is -2.33. The van der Waals surface area contributed by atoms with Crippen LogP contribution in [0.25, 0.3) is 5.70 Å². The van der Waals surface area contributed by atoms with Crippen molar-refractivity contribution in [2.75, 3.05) is 12.1 Å². The molecule has 1 fully saturated rings. The van der Waals surface area contributed by atoms with Gasteiger partial charge in [-0.25, -0.2) is 18.6 Å². The Morgan fingerprint density at radius 3 is 2.48 bits per heavy atom. The van der Waals surface area contributed by atoms with Gasteiger partial charge in [-0.1, -0.05) is 0 Å². The summed E-state index contributed by atoms with van der Waals surface area (Å²) in [5, 5.41) is 21.5. The first-order valence-electron chi connectivity index (χ1n) is 10.2. The Labute approximate surface area is 182 Å². The molecule has 31 heavy (non-hydrogen) atoms. The van der Waals surface area contributed by atoms with Crippen molar-refractivity contribution in [1.29, 1.82) is 0 Å². The molecule has 2 heterocycles. The molecule has 4 rings (SSSR count). The zero-order valence-electron chi connectivity index (χ0n) is 17.6. The maximum Gasteiger partial charge on any atom is 0.238 e. The minimum Gasteiger partial charge on any atom is -0.393 e. The molecular weight excluding hydrogens is 416 g/mol. The number of benzene rings is 1. The van der Waals surface area contributed by atoms with E-state index in [0.717, 1.165) is 24.0 Å². The minimum absolute atomic E-state index is 0.0601. The molecule has 10 heteroatoms. The van der Waals surface area contributed by atoms with Crippen LogP contribution >= 0.6 is 0 Å². The van der Waals surface area contributed by atoms with Crippen LogP contribution in [-0.4, -0.2) is 41.5 Å². The zero-order chi connectivity index (χ0) is 22.3. The molecular formula is C21H28N6O3S.